The molecule has 2 aromatic rings. The Bertz CT molecular complexity index is 593. The van der Waals surface area contributed by atoms with Crippen molar-refractivity contribution in [2.75, 3.05) is 0 Å². The zero-order chi connectivity index (χ0) is 18.3. The molecule has 0 atom stereocenters. The van der Waals surface area contributed by atoms with Crippen molar-refractivity contribution >= 4 is 36.8 Å². The number of hydrogen-bond acceptors (Lipinski definition) is 0. The summed E-state index contributed by atoms with van der Waals surface area (Å²) in [6, 6.07) is 26.3. The second-order valence-electron chi connectivity index (χ2n) is 8.52. The van der Waals surface area contributed by atoms with E-state index in [-0.39, 0.29) is 0 Å². The van der Waals surface area contributed by atoms with Gasteiger partial charge < -0.3 is 0 Å². The van der Waals surface area contributed by atoms with Gasteiger partial charge in [0.25, 0.3) is 0 Å². The minimum absolute atomic E-state index is 1.39. The fourth-order valence-corrected chi connectivity index (χ4v) is 37.5. The first-order valence-corrected chi connectivity index (χ1v) is 21.3. The normalized spacial score (nSPS) is 18.5. The van der Waals surface area contributed by atoms with Gasteiger partial charge in [-0.15, -0.1) is 0 Å². The Labute approximate surface area is 166 Å². The molecular weight excluding hydrogens is 435 g/mol. The zero-order valence-electron chi connectivity index (χ0n) is 16.8. The molecule has 0 spiro atoms. The first kappa shape index (κ1) is 20.2. The summed E-state index contributed by atoms with van der Waals surface area (Å²) in [7, 11) is -1.55. The van der Waals surface area contributed by atoms with Gasteiger partial charge in [0.05, 0.1) is 0 Å². The third-order valence-electron chi connectivity index (χ3n) is 6.94. The third kappa shape index (κ3) is 4.47. The first-order chi connectivity index (χ1) is 12.7. The van der Waals surface area contributed by atoms with Gasteiger partial charge in [-0.3, -0.25) is 0 Å². The van der Waals surface area contributed by atoms with E-state index in [0.29, 0.717) is 0 Å². The molecule has 2 heteroatoms. The van der Waals surface area contributed by atoms with Gasteiger partial charge in [0.1, 0.15) is 0 Å². The summed E-state index contributed by atoms with van der Waals surface area (Å²) in [5, 5.41) is 3.38. The molecule has 0 unspecified atom stereocenters. The second kappa shape index (κ2) is 9.59. The topological polar surface area (TPSA) is 0 Å². The van der Waals surface area contributed by atoms with Crippen LogP contribution < -0.4 is 10.4 Å². The molecule has 0 N–H and O–H groups in total. The van der Waals surface area contributed by atoms with Crippen LogP contribution in [0, 0.1) is 0 Å². The van der Waals surface area contributed by atoms with Crippen molar-refractivity contribution in [3.05, 3.63) is 60.7 Å². The van der Waals surface area contributed by atoms with E-state index in [1.807, 2.05) is 0 Å². The predicted molar refractivity (Wildman–Crippen MR) is 122 cm³/mol. The molecule has 0 saturated carbocycles. The Hall–Kier alpha value is -0.544. The van der Waals surface area contributed by atoms with Crippen LogP contribution in [-0.2, 0) is 0 Å². The Morgan fingerprint density at radius 3 is 1.50 bits per heavy atom. The number of unbranched alkanes of at least 4 members (excludes halogenated alkanes) is 2. The molecule has 0 aromatic heterocycles. The van der Waals surface area contributed by atoms with E-state index in [1.165, 1.54) is 37.8 Å². The maximum atomic E-state index is 2.44. The van der Waals surface area contributed by atoms with Crippen LogP contribution in [0.1, 0.15) is 39.5 Å². The van der Waals surface area contributed by atoms with Crippen molar-refractivity contribution in [3.63, 3.8) is 0 Å². The molecular formula is C24H36SiSn. The van der Waals surface area contributed by atoms with Crippen molar-refractivity contribution in [2.45, 2.75) is 69.4 Å². The maximum absolute atomic E-state index is 2.44. The van der Waals surface area contributed by atoms with Gasteiger partial charge >= 0.3 is 167 Å². The zero-order valence-corrected chi connectivity index (χ0v) is 20.7. The summed E-state index contributed by atoms with van der Waals surface area (Å²) >= 11 is -1.90. The van der Waals surface area contributed by atoms with Crippen LogP contribution in [0.15, 0.2) is 60.7 Å². The SMILES string of the molecule is CCC[CH2][Sn]1([CH2]CCC)[CH2]C[Si](c2ccccc2)(c2ccccc2)C[CH2]1. The van der Waals surface area contributed by atoms with E-state index < -0.39 is 26.5 Å². The van der Waals surface area contributed by atoms with Crippen LogP contribution in [0.5, 0.6) is 0 Å². The first-order valence-electron chi connectivity index (χ1n) is 10.9. The molecule has 2 aromatic carbocycles. The van der Waals surface area contributed by atoms with Gasteiger partial charge in [0, 0.05) is 0 Å². The van der Waals surface area contributed by atoms with Gasteiger partial charge in [-0.05, 0) is 0 Å². The van der Waals surface area contributed by atoms with Gasteiger partial charge in [0.15, 0.2) is 0 Å². The van der Waals surface area contributed by atoms with E-state index in [2.05, 4.69) is 74.5 Å². The Kier molecular flexibility index (Phi) is 7.45. The van der Waals surface area contributed by atoms with Crippen LogP contribution in [0.4, 0.5) is 0 Å². The van der Waals surface area contributed by atoms with E-state index >= 15 is 0 Å². The van der Waals surface area contributed by atoms with E-state index in [1.54, 1.807) is 28.1 Å². The Morgan fingerprint density at radius 2 is 1.12 bits per heavy atom. The van der Waals surface area contributed by atoms with Gasteiger partial charge in [-0.2, -0.15) is 0 Å². The summed E-state index contributed by atoms with van der Waals surface area (Å²) in [5.74, 6) is 0. The molecule has 0 aliphatic carbocycles. The molecule has 1 aliphatic heterocycles. The summed E-state index contributed by atoms with van der Waals surface area (Å²) in [6.45, 7) is 4.77. The van der Waals surface area contributed by atoms with Crippen LogP contribution >= 0.6 is 0 Å². The standard InChI is InChI=1S/C16H18Si.2C4H9.Sn/c1-3-17(4-2,15-11-7-5-8-12-15)16-13-9-6-10-14-16;2*1-3-4-2;/h5-14H,1-4H2;2*1,3-4H2,2H3;. The number of benzene rings is 2. The van der Waals surface area contributed by atoms with Crippen molar-refractivity contribution in [2.24, 2.45) is 0 Å². The van der Waals surface area contributed by atoms with Gasteiger partial charge in [-0.25, -0.2) is 0 Å². The molecule has 0 amide bonds. The van der Waals surface area contributed by atoms with Gasteiger partial charge in [-0.1, -0.05) is 0 Å². The van der Waals surface area contributed by atoms with Gasteiger partial charge in [0.2, 0.25) is 0 Å². The van der Waals surface area contributed by atoms with Crippen molar-refractivity contribution in [3.8, 4) is 0 Å². The molecule has 0 bridgehead atoms. The van der Waals surface area contributed by atoms with E-state index in [9.17, 15) is 0 Å². The van der Waals surface area contributed by atoms with Crippen LogP contribution in [-0.4, -0.2) is 26.5 Å². The molecule has 1 heterocycles. The van der Waals surface area contributed by atoms with E-state index in [0.717, 1.165) is 0 Å². The average Bonchev–Trinajstić information content (AvgIpc) is 2.73. The minimum atomic E-state index is -1.90. The van der Waals surface area contributed by atoms with Crippen molar-refractivity contribution < 1.29 is 0 Å². The van der Waals surface area contributed by atoms with Crippen LogP contribution in [0.2, 0.25) is 29.8 Å². The molecule has 3 rings (SSSR count). The number of hydrogen-bond donors (Lipinski definition) is 0. The average molecular weight is 471 g/mol. The molecule has 0 radical (unpaired) electrons. The Balaban J connectivity index is 1.89. The predicted octanol–water partition coefficient (Wildman–Crippen LogP) is 6.31. The van der Waals surface area contributed by atoms with E-state index in [4.69, 9.17) is 0 Å². The monoisotopic (exact) mass is 472 g/mol. The second-order valence-corrected chi connectivity index (χ2v) is 27.1. The molecule has 140 valence electrons. The summed E-state index contributed by atoms with van der Waals surface area (Å²) < 4.78 is 6.65. The summed E-state index contributed by atoms with van der Waals surface area (Å²) in [6.07, 6.45) is 5.80. The van der Waals surface area contributed by atoms with Crippen LogP contribution in [0.3, 0.4) is 0 Å². The van der Waals surface area contributed by atoms with Crippen molar-refractivity contribution in [1.29, 1.82) is 0 Å². The number of rotatable bonds is 8. The fourth-order valence-electron chi connectivity index (χ4n) is 5.19. The van der Waals surface area contributed by atoms with Crippen molar-refractivity contribution in [1.82, 2.24) is 0 Å². The Morgan fingerprint density at radius 1 is 0.692 bits per heavy atom. The molecule has 0 nitrogen and oxygen atoms in total. The van der Waals surface area contributed by atoms with Crippen LogP contribution in [0.25, 0.3) is 0 Å². The third-order valence-corrected chi connectivity index (χ3v) is 30.4. The summed E-state index contributed by atoms with van der Waals surface area (Å²) in [5.41, 5.74) is 0. The fraction of sp³-hybridized carbons (Fsp3) is 0.500. The quantitative estimate of drug-likeness (QED) is 0.396. The molecule has 1 saturated heterocycles. The molecule has 1 fully saturated rings. The summed E-state index contributed by atoms with van der Waals surface area (Å²) in [4.78, 5) is 0. The molecule has 1 aliphatic rings. The molecule has 26 heavy (non-hydrogen) atoms.